The van der Waals surface area contributed by atoms with Crippen LogP contribution in [0.1, 0.15) is 70.7 Å². The summed E-state index contributed by atoms with van der Waals surface area (Å²) in [7, 11) is 0. The molecule has 3 aliphatic rings. The summed E-state index contributed by atoms with van der Waals surface area (Å²) in [5.41, 5.74) is 17.6. The van der Waals surface area contributed by atoms with E-state index in [9.17, 15) is 0 Å². The summed E-state index contributed by atoms with van der Waals surface area (Å²) in [6.45, 7) is 4.29. The topological polar surface area (TPSA) is 87.2 Å². The molecule has 0 amide bonds. The summed E-state index contributed by atoms with van der Waals surface area (Å²) in [6, 6.07) is 64.3. The van der Waals surface area contributed by atoms with Crippen molar-refractivity contribution in [2.24, 2.45) is 0 Å². The van der Waals surface area contributed by atoms with Crippen molar-refractivity contribution in [3.05, 3.63) is 227 Å². The molecule has 2 unspecified atom stereocenters. The third-order valence-electron chi connectivity index (χ3n) is 13.5. The number of rotatable bonds is 8. The fourth-order valence-corrected chi connectivity index (χ4v) is 10.5. The second-order valence-electron chi connectivity index (χ2n) is 17.2. The predicted octanol–water partition coefficient (Wildman–Crippen LogP) is 12.7. The minimum absolute atomic E-state index is 0.0304. The van der Waals surface area contributed by atoms with Crippen molar-refractivity contribution in [3.8, 4) is 56.9 Å². The predicted molar refractivity (Wildman–Crippen MR) is 262 cm³/mol. The lowest BCUT2D eigenvalue weighted by Crippen LogP contribution is -2.27. The van der Waals surface area contributed by atoms with E-state index in [-0.39, 0.29) is 11.8 Å². The van der Waals surface area contributed by atoms with Gasteiger partial charge in [0.2, 0.25) is 0 Å². The molecule has 66 heavy (non-hydrogen) atoms. The van der Waals surface area contributed by atoms with Gasteiger partial charge < -0.3 is 0 Å². The Morgan fingerprint density at radius 1 is 0.348 bits per heavy atom. The van der Waals surface area contributed by atoms with Crippen LogP contribution in [0.25, 0.3) is 79.0 Å². The lowest BCUT2D eigenvalue weighted by molar-refractivity contribution is 0.754. The number of para-hydroxylation sites is 4. The standard InChI is InChI=1S/C58H42N8/c1-3-51-59-45-23-13-15-25-49(45)65(51)53-33-47(35-17-7-5-8-18-35)61-57(63-53)37-27-29-41-43(31-37)55-39-21-11-12-22-40(39)56(41)44-32-38(28-30-42(44)55)58-62-48(36-19-9-6-10-20-36)34-54(64-58)66-50-26-16-14-24-46(50)60-52(66)4-2/h5-34,55-56H,3-4H2,1-2H3. The van der Waals surface area contributed by atoms with Crippen molar-refractivity contribution < 1.29 is 0 Å². The molecule has 4 aromatic heterocycles. The average molecular weight is 851 g/mol. The van der Waals surface area contributed by atoms with E-state index in [4.69, 9.17) is 29.9 Å². The zero-order valence-corrected chi connectivity index (χ0v) is 36.5. The van der Waals surface area contributed by atoms with Crippen molar-refractivity contribution in [1.29, 1.82) is 0 Å². The number of benzene rings is 7. The smallest absolute Gasteiger partial charge is 0.162 e. The number of nitrogens with zero attached hydrogens (tertiary/aromatic N) is 8. The Labute approximate surface area is 382 Å². The molecule has 4 heterocycles. The maximum absolute atomic E-state index is 5.35. The van der Waals surface area contributed by atoms with Gasteiger partial charge in [-0.15, -0.1) is 0 Å². The first-order valence-electron chi connectivity index (χ1n) is 22.8. The number of aryl methyl sites for hydroxylation is 2. The fourth-order valence-electron chi connectivity index (χ4n) is 10.5. The van der Waals surface area contributed by atoms with Gasteiger partial charge in [-0.05, 0) is 69.8 Å². The first-order chi connectivity index (χ1) is 32.6. The van der Waals surface area contributed by atoms with Crippen molar-refractivity contribution in [1.82, 2.24) is 39.0 Å². The van der Waals surface area contributed by atoms with E-state index in [0.717, 1.165) is 91.8 Å². The van der Waals surface area contributed by atoms with Gasteiger partial charge in [0.25, 0.3) is 0 Å². The van der Waals surface area contributed by atoms with Crippen LogP contribution in [0.3, 0.4) is 0 Å². The number of fused-ring (bicyclic) bond motifs is 2. The number of aromatic nitrogens is 8. The first-order valence-corrected chi connectivity index (χ1v) is 22.8. The third kappa shape index (κ3) is 5.98. The Morgan fingerprint density at radius 3 is 1.18 bits per heavy atom. The Balaban J connectivity index is 0.960. The first kappa shape index (κ1) is 38.1. The van der Waals surface area contributed by atoms with Crippen LogP contribution in [-0.2, 0) is 12.8 Å². The Kier molecular flexibility index (Phi) is 8.74. The number of hydrogen-bond donors (Lipinski definition) is 0. The molecule has 8 nitrogen and oxygen atoms in total. The maximum atomic E-state index is 5.35. The molecular weight excluding hydrogens is 809 g/mol. The Bertz CT molecular complexity index is 3460. The van der Waals surface area contributed by atoms with Crippen LogP contribution >= 0.6 is 0 Å². The van der Waals surface area contributed by atoms with Crippen molar-refractivity contribution >= 4 is 22.1 Å². The van der Waals surface area contributed by atoms with E-state index < -0.39 is 0 Å². The van der Waals surface area contributed by atoms with Gasteiger partial charge in [0.05, 0.1) is 33.5 Å². The maximum Gasteiger partial charge on any atom is 0.162 e. The molecule has 0 saturated carbocycles. The lowest BCUT2D eigenvalue weighted by Gasteiger charge is -2.42. The van der Waals surface area contributed by atoms with E-state index >= 15 is 0 Å². The highest BCUT2D eigenvalue weighted by Gasteiger charge is 2.41. The monoisotopic (exact) mass is 850 g/mol. The number of imidazole rings is 2. The van der Waals surface area contributed by atoms with Crippen LogP contribution in [0.4, 0.5) is 0 Å². The van der Waals surface area contributed by atoms with E-state index in [1.54, 1.807) is 0 Å². The number of hydrogen-bond acceptors (Lipinski definition) is 6. The van der Waals surface area contributed by atoms with Crippen molar-refractivity contribution in [2.45, 2.75) is 38.5 Å². The summed E-state index contributed by atoms with van der Waals surface area (Å²) in [5.74, 6) is 4.96. The summed E-state index contributed by atoms with van der Waals surface area (Å²) in [6.07, 6.45) is 1.54. The summed E-state index contributed by atoms with van der Waals surface area (Å²) in [4.78, 5) is 31.3. The molecule has 7 aromatic carbocycles. The largest absolute Gasteiger partial charge is 0.280 e. The molecule has 2 bridgehead atoms. The van der Waals surface area contributed by atoms with Crippen LogP contribution < -0.4 is 0 Å². The van der Waals surface area contributed by atoms with Crippen molar-refractivity contribution in [2.75, 3.05) is 0 Å². The van der Waals surface area contributed by atoms with Gasteiger partial charge >= 0.3 is 0 Å². The van der Waals surface area contributed by atoms with E-state index in [2.05, 4.69) is 181 Å². The van der Waals surface area contributed by atoms with Gasteiger partial charge in [-0.25, -0.2) is 29.9 Å². The summed E-state index contributed by atoms with van der Waals surface area (Å²) in [5, 5.41) is 0. The highest BCUT2D eigenvalue weighted by Crippen LogP contribution is 2.56. The average Bonchev–Trinajstić information content (AvgIpc) is 3.97. The quantitative estimate of drug-likeness (QED) is 0.151. The van der Waals surface area contributed by atoms with Gasteiger partial charge in [-0.2, -0.15) is 0 Å². The molecule has 314 valence electrons. The molecule has 3 aliphatic carbocycles. The molecule has 0 N–H and O–H groups in total. The van der Waals surface area contributed by atoms with E-state index in [1.807, 2.05) is 24.3 Å². The van der Waals surface area contributed by atoms with Gasteiger partial charge in [-0.1, -0.05) is 147 Å². The molecule has 0 spiro atoms. The Hall–Kier alpha value is -8.36. The molecule has 0 fully saturated rings. The zero-order chi connectivity index (χ0) is 43.9. The molecule has 14 rings (SSSR count). The molecule has 11 aromatic rings. The Morgan fingerprint density at radius 2 is 0.742 bits per heavy atom. The van der Waals surface area contributed by atoms with Crippen LogP contribution in [0.2, 0.25) is 0 Å². The lowest BCUT2D eigenvalue weighted by atomic mass is 9.61. The molecule has 0 radical (unpaired) electrons. The van der Waals surface area contributed by atoms with Gasteiger partial charge in [0.15, 0.2) is 11.6 Å². The normalized spacial score (nSPS) is 14.6. The van der Waals surface area contributed by atoms with E-state index in [1.165, 1.54) is 33.4 Å². The van der Waals surface area contributed by atoms with Crippen LogP contribution in [0, 0.1) is 0 Å². The molecular formula is C58H42N8. The van der Waals surface area contributed by atoms with E-state index in [0.29, 0.717) is 11.6 Å². The zero-order valence-electron chi connectivity index (χ0n) is 36.5. The highest BCUT2D eigenvalue weighted by molar-refractivity contribution is 5.81. The minimum atomic E-state index is 0.0304. The van der Waals surface area contributed by atoms with Crippen LogP contribution in [0.15, 0.2) is 182 Å². The summed E-state index contributed by atoms with van der Waals surface area (Å²) < 4.78 is 4.39. The molecule has 2 atom stereocenters. The second kappa shape index (κ2) is 15.1. The molecule has 8 heteroatoms. The summed E-state index contributed by atoms with van der Waals surface area (Å²) >= 11 is 0. The van der Waals surface area contributed by atoms with Crippen LogP contribution in [-0.4, -0.2) is 39.0 Å². The minimum Gasteiger partial charge on any atom is -0.280 e. The van der Waals surface area contributed by atoms with Gasteiger partial charge in [-0.3, -0.25) is 9.13 Å². The van der Waals surface area contributed by atoms with Gasteiger partial charge in [0, 0.05) is 59.1 Å². The molecule has 0 aliphatic heterocycles. The SMILES string of the molecule is CCc1nc2ccccc2n1-c1cc(-c2ccccc2)nc(-c2ccc3c(c2)C2c4ccccc4C3c3cc(-c4nc(-c5ccccc5)cc(-n5c(CC)nc6ccccc65)n4)ccc32)n1. The van der Waals surface area contributed by atoms with Crippen LogP contribution in [0.5, 0.6) is 0 Å². The fraction of sp³-hybridized carbons (Fsp3) is 0.103. The molecule has 0 saturated heterocycles. The highest BCUT2D eigenvalue weighted by atomic mass is 15.2. The van der Waals surface area contributed by atoms with Crippen molar-refractivity contribution in [3.63, 3.8) is 0 Å². The van der Waals surface area contributed by atoms with Gasteiger partial charge in [0.1, 0.15) is 23.3 Å². The third-order valence-corrected chi connectivity index (χ3v) is 13.5. The second-order valence-corrected chi connectivity index (χ2v) is 17.2.